The van der Waals surface area contributed by atoms with Crippen molar-refractivity contribution in [3.05, 3.63) is 109 Å². The average molecular weight is 1190 g/mol. The maximum Gasteiger partial charge on any atom is 0.220 e. The molecular formula is C76H133NO8. The molecule has 1 rings (SSSR count). The van der Waals surface area contributed by atoms with Crippen LogP contribution in [0.2, 0.25) is 0 Å². The van der Waals surface area contributed by atoms with E-state index >= 15 is 0 Å². The molecule has 0 aromatic carbocycles. The van der Waals surface area contributed by atoms with Crippen LogP contribution in [-0.2, 0) is 14.3 Å². The van der Waals surface area contributed by atoms with Crippen molar-refractivity contribution in [3.63, 3.8) is 0 Å². The van der Waals surface area contributed by atoms with Crippen molar-refractivity contribution >= 4 is 5.91 Å². The predicted molar refractivity (Wildman–Crippen MR) is 364 cm³/mol. The van der Waals surface area contributed by atoms with E-state index in [1.807, 2.05) is 6.08 Å². The van der Waals surface area contributed by atoms with E-state index in [0.717, 1.165) is 89.9 Å². The molecule has 1 fully saturated rings. The van der Waals surface area contributed by atoms with Gasteiger partial charge in [0.25, 0.3) is 0 Å². The largest absolute Gasteiger partial charge is 0.394 e. The summed E-state index contributed by atoms with van der Waals surface area (Å²) in [7, 11) is 0. The number of hydrogen-bond donors (Lipinski definition) is 6. The van der Waals surface area contributed by atoms with E-state index in [2.05, 4.69) is 116 Å². The standard InChI is InChI=1S/C76H133NO8/c1-3-5-7-9-11-13-15-17-19-21-23-25-27-28-29-30-31-32-33-34-35-36-37-38-39-40-41-42-44-46-48-50-52-54-56-58-60-62-64-66-72(80)77-69(68-84-76-75(83)74(82)73(81)71(67-78)85-76)70(79)65-63-61-59-57-55-53-51-49-47-45-43-26-24-22-20-18-16-14-12-10-8-6-4-2/h5,7,11,13,17,19,23,25,28-29,31-32,34-35,37-38,63,65,69-71,73-76,78-79,81-83H,3-4,6,8-10,12,14-16,18,20-22,24,26-27,30,33,36,39-62,64,66-68H2,1-2H3,(H,77,80)/b7-5-,13-11-,19-17-,25-23-,29-28-,32-31-,35-34-,38-37-,65-63+. The molecule has 1 aliphatic heterocycles. The summed E-state index contributed by atoms with van der Waals surface area (Å²) in [4.78, 5) is 13.1. The molecule has 0 spiro atoms. The molecule has 9 nitrogen and oxygen atoms in total. The number of unbranched alkanes of at least 4 members (excludes halogenated alkanes) is 35. The SMILES string of the molecule is CC/C=C\C/C=C\C/C=C\C/C=C\C/C=C\C/C=C\C/C=C\C/C=C\CCCCCCCCCCCCCCCCC(=O)NC(COC1OC(CO)C(O)C(O)C1O)C(O)/C=C/CCCCCCCCCCCCCCCCCCCCCCC. The van der Waals surface area contributed by atoms with Crippen LogP contribution in [-0.4, -0.2) is 87.5 Å². The zero-order valence-corrected chi connectivity index (χ0v) is 54.8. The number of amides is 1. The molecule has 0 saturated carbocycles. The number of aliphatic hydroxyl groups is 5. The molecule has 0 radical (unpaired) electrons. The fourth-order valence-corrected chi connectivity index (χ4v) is 10.8. The van der Waals surface area contributed by atoms with Crippen LogP contribution in [0.25, 0.3) is 0 Å². The summed E-state index contributed by atoms with van der Waals surface area (Å²) < 4.78 is 11.3. The Balaban J connectivity index is 2.12. The molecule has 0 aromatic heterocycles. The Kier molecular flexibility index (Phi) is 60.0. The van der Waals surface area contributed by atoms with Gasteiger partial charge in [-0.25, -0.2) is 0 Å². The number of carbonyl (C=O) groups excluding carboxylic acids is 1. The number of ether oxygens (including phenoxy) is 2. The molecule has 7 atom stereocenters. The summed E-state index contributed by atoms with van der Waals surface area (Å²) >= 11 is 0. The van der Waals surface area contributed by atoms with Crippen molar-refractivity contribution in [1.82, 2.24) is 5.32 Å². The minimum atomic E-state index is -1.57. The second kappa shape index (κ2) is 63.9. The summed E-state index contributed by atoms with van der Waals surface area (Å²) in [6.07, 6.45) is 87.6. The predicted octanol–water partition coefficient (Wildman–Crippen LogP) is 19.6. The van der Waals surface area contributed by atoms with Crippen LogP contribution in [0.4, 0.5) is 0 Å². The van der Waals surface area contributed by atoms with Crippen LogP contribution in [0.1, 0.15) is 309 Å². The third kappa shape index (κ3) is 52.5. The van der Waals surface area contributed by atoms with Gasteiger partial charge in [-0.2, -0.15) is 0 Å². The fourth-order valence-electron chi connectivity index (χ4n) is 10.8. The molecule has 0 aromatic rings. The van der Waals surface area contributed by atoms with Crippen molar-refractivity contribution in [3.8, 4) is 0 Å². The minimum Gasteiger partial charge on any atom is -0.394 e. The molecule has 0 bridgehead atoms. The van der Waals surface area contributed by atoms with Crippen LogP contribution < -0.4 is 5.32 Å². The molecular weight excluding hydrogens is 1050 g/mol. The van der Waals surface area contributed by atoms with Gasteiger partial charge in [-0.1, -0.05) is 329 Å². The van der Waals surface area contributed by atoms with Gasteiger partial charge in [0, 0.05) is 6.42 Å². The zero-order chi connectivity index (χ0) is 61.4. The third-order valence-corrected chi connectivity index (χ3v) is 16.4. The van der Waals surface area contributed by atoms with Crippen LogP contribution in [0.5, 0.6) is 0 Å². The van der Waals surface area contributed by atoms with E-state index < -0.39 is 49.5 Å². The highest BCUT2D eigenvalue weighted by Crippen LogP contribution is 2.23. The van der Waals surface area contributed by atoms with Gasteiger partial charge >= 0.3 is 0 Å². The van der Waals surface area contributed by atoms with Crippen molar-refractivity contribution in [2.75, 3.05) is 13.2 Å². The van der Waals surface area contributed by atoms with Gasteiger partial charge in [-0.15, -0.1) is 0 Å². The van der Waals surface area contributed by atoms with Crippen molar-refractivity contribution < 1.29 is 39.8 Å². The number of hydrogen-bond acceptors (Lipinski definition) is 8. The maximum absolute atomic E-state index is 13.1. The summed E-state index contributed by atoms with van der Waals surface area (Å²) in [6, 6.07) is -0.812. The number of rotatable bonds is 61. The topological polar surface area (TPSA) is 149 Å². The van der Waals surface area contributed by atoms with E-state index in [1.165, 1.54) is 199 Å². The molecule has 6 N–H and O–H groups in total. The molecule has 85 heavy (non-hydrogen) atoms. The van der Waals surface area contributed by atoms with Crippen LogP contribution in [0.15, 0.2) is 109 Å². The van der Waals surface area contributed by atoms with Gasteiger partial charge in [-0.3, -0.25) is 4.79 Å². The first kappa shape index (κ1) is 79.9. The highest BCUT2D eigenvalue weighted by Gasteiger charge is 2.44. The quantitative estimate of drug-likeness (QED) is 0.0261. The molecule has 1 amide bonds. The van der Waals surface area contributed by atoms with Gasteiger partial charge < -0.3 is 40.3 Å². The van der Waals surface area contributed by atoms with E-state index in [9.17, 15) is 30.3 Å². The van der Waals surface area contributed by atoms with E-state index in [0.29, 0.717) is 6.42 Å². The van der Waals surface area contributed by atoms with Crippen molar-refractivity contribution in [1.29, 1.82) is 0 Å². The lowest BCUT2D eigenvalue weighted by atomic mass is 9.99. The summed E-state index contributed by atoms with van der Waals surface area (Å²) in [6.45, 7) is 3.69. The molecule has 490 valence electrons. The van der Waals surface area contributed by atoms with Gasteiger partial charge in [0.05, 0.1) is 25.4 Å². The van der Waals surface area contributed by atoms with Gasteiger partial charge in [0.1, 0.15) is 24.4 Å². The molecule has 7 unspecified atom stereocenters. The Hall–Kier alpha value is -3.15. The van der Waals surface area contributed by atoms with Gasteiger partial charge in [0.2, 0.25) is 5.91 Å². The first-order chi connectivity index (χ1) is 41.8. The highest BCUT2D eigenvalue weighted by molar-refractivity contribution is 5.76. The first-order valence-corrected chi connectivity index (χ1v) is 35.6. The second-order valence-electron chi connectivity index (χ2n) is 24.3. The number of allylic oxidation sites excluding steroid dienone is 17. The van der Waals surface area contributed by atoms with Crippen molar-refractivity contribution in [2.45, 2.75) is 352 Å². The normalized spacial score (nSPS) is 18.8. The lowest BCUT2D eigenvalue weighted by molar-refractivity contribution is -0.302. The lowest BCUT2D eigenvalue weighted by Gasteiger charge is -2.40. The zero-order valence-electron chi connectivity index (χ0n) is 54.8. The van der Waals surface area contributed by atoms with Crippen molar-refractivity contribution in [2.24, 2.45) is 0 Å². The van der Waals surface area contributed by atoms with Gasteiger partial charge in [-0.05, 0) is 83.5 Å². The molecule has 1 aliphatic rings. The third-order valence-electron chi connectivity index (χ3n) is 16.4. The summed E-state index contributed by atoms with van der Waals surface area (Å²) in [5.74, 6) is -0.177. The summed E-state index contributed by atoms with van der Waals surface area (Å²) in [5, 5.41) is 54.8. The van der Waals surface area contributed by atoms with Crippen LogP contribution >= 0.6 is 0 Å². The molecule has 1 heterocycles. The number of carbonyl (C=O) groups is 1. The Morgan fingerprint density at radius 2 is 0.729 bits per heavy atom. The Bertz CT molecular complexity index is 1710. The van der Waals surface area contributed by atoms with Gasteiger partial charge in [0.15, 0.2) is 6.29 Å². The Morgan fingerprint density at radius 3 is 1.08 bits per heavy atom. The monoisotopic (exact) mass is 1190 g/mol. The van der Waals surface area contributed by atoms with Crippen LogP contribution in [0.3, 0.4) is 0 Å². The second-order valence-corrected chi connectivity index (χ2v) is 24.3. The highest BCUT2D eigenvalue weighted by atomic mass is 16.7. The van der Waals surface area contributed by atoms with E-state index in [-0.39, 0.29) is 12.5 Å². The molecule has 9 heteroatoms. The number of aliphatic hydroxyl groups excluding tert-OH is 5. The maximum atomic E-state index is 13.1. The summed E-state index contributed by atoms with van der Waals surface area (Å²) in [5.41, 5.74) is 0. The smallest absolute Gasteiger partial charge is 0.220 e. The first-order valence-electron chi connectivity index (χ1n) is 35.6. The average Bonchev–Trinajstić information content (AvgIpc) is 3.66. The Morgan fingerprint density at radius 1 is 0.412 bits per heavy atom. The number of nitrogens with one attached hydrogen (secondary N) is 1. The lowest BCUT2D eigenvalue weighted by Crippen LogP contribution is -2.60. The minimum absolute atomic E-state index is 0.177. The Labute approximate surface area is 523 Å². The van der Waals surface area contributed by atoms with Crippen LogP contribution in [0, 0.1) is 0 Å². The van der Waals surface area contributed by atoms with E-state index in [4.69, 9.17) is 9.47 Å². The van der Waals surface area contributed by atoms with E-state index in [1.54, 1.807) is 6.08 Å². The fraction of sp³-hybridized carbons (Fsp3) is 0.750. The molecule has 0 aliphatic carbocycles. The molecule has 1 saturated heterocycles.